The second kappa shape index (κ2) is 7.81. The van der Waals surface area contributed by atoms with Gasteiger partial charge in [-0.15, -0.1) is 0 Å². The molecule has 132 valence electrons. The zero-order valence-corrected chi connectivity index (χ0v) is 15.8. The number of hydrogen-bond acceptors (Lipinski definition) is 3. The zero-order chi connectivity index (χ0) is 17.0. The van der Waals surface area contributed by atoms with E-state index in [1.807, 2.05) is 28.8 Å². The predicted octanol–water partition coefficient (Wildman–Crippen LogP) is 4.50. The van der Waals surface area contributed by atoms with Crippen LogP contribution >= 0.6 is 11.8 Å². The standard InChI is InChI=1S/C20H29NO2S/c1-3-4-12-24-15-20(2)14-23-18-13-16(8-9-17(18)20)19(22)21-10-6-5-7-11-21/h8-9,13H,3-7,10-12,14-15H2,1-2H3. The molecule has 1 aromatic rings. The van der Waals surface area contributed by atoms with Gasteiger partial charge in [0.1, 0.15) is 5.75 Å². The van der Waals surface area contributed by atoms with E-state index in [0.29, 0.717) is 0 Å². The van der Waals surface area contributed by atoms with E-state index in [4.69, 9.17) is 4.74 Å². The first kappa shape index (κ1) is 17.7. The van der Waals surface area contributed by atoms with Crippen molar-refractivity contribution >= 4 is 17.7 Å². The number of likely N-dealkylation sites (tertiary alicyclic amines) is 1. The first-order valence-corrected chi connectivity index (χ1v) is 10.4. The number of piperidine rings is 1. The quantitative estimate of drug-likeness (QED) is 0.710. The lowest BCUT2D eigenvalue weighted by molar-refractivity contribution is 0.0724. The Kier molecular flexibility index (Phi) is 5.75. The molecule has 1 aromatic carbocycles. The molecule has 1 atom stereocenters. The van der Waals surface area contributed by atoms with Crippen LogP contribution in [0.15, 0.2) is 18.2 Å². The van der Waals surface area contributed by atoms with Gasteiger partial charge in [0, 0.05) is 35.4 Å². The number of benzene rings is 1. The highest BCUT2D eigenvalue weighted by atomic mass is 32.2. The third-order valence-electron chi connectivity index (χ3n) is 5.13. The molecule has 4 heteroatoms. The molecule has 0 N–H and O–H groups in total. The number of ether oxygens (including phenoxy) is 1. The van der Waals surface area contributed by atoms with Crippen LogP contribution in [0.2, 0.25) is 0 Å². The highest BCUT2D eigenvalue weighted by Gasteiger charge is 2.36. The van der Waals surface area contributed by atoms with Crippen LogP contribution in [0, 0.1) is 0 Å². The molecule has 0 spiro atoms. The number of carbonyl (C=O) groups is 1. The second-order valence-electron chi connectivity index (χ2n) is 7.32. The summed E-state index contributed by atoms with van der Waals surface area (Å²) in [5, 5.41) is 0. The maximum atomic E-state index is 12.7. The fourth-order valence-electron chi connectivity index (χ4n) is 3.53. The van der Waals surface area contributed by atoms with Crippen molar-refractivity contribution in [1.82, 2.24) is 4.90 Å². The molecule has 0 saturated carbocycles. The summed E-state index contributed by atoms with van der Waals surface area (Å²) < 4.78 is 5.97. The molecule has 0 radical (unpaired) electrons. The van der Waals surface area contributed by atoms with Gasteiger partial charge in [-0.25, -0.2) is 0 Å². The number of thioether (sulfide) groups is 1. The van der Waals surface area contributed by atoms with Crippen molar-refractivity contribution in [3.8, 4) is 5.75 Å². The molecule has 1 amide bonds. The molecule has 3 rings (SSSR count). The Labute approximate surface area is 150 Å². The minimum absolute atomic E-state index is 0.0699. The van der Waals surface area contributed by atoms with E-state index < -0.39 is 0 Å². The van der Waals surface area contributed by atoms with E-state index in [-0.39, 0.29) is 11.3 Å². The van der Waals surface area contributed by atoms with Gasteiger partial charge in [0.25, 0.3) is 5.91 Å². The van der Waals surface area contributed by atoms with Crippen LogP contribution in [0.4, 0.5) is 0 Å². The van der Waals surface area contributed by atoms with Crippen LogP contribution in [-0.2, 0) is 5.41 Å². The smallest absolute Gasteiger partial charge is 0.253 e. The average Bonchev–Trinajstić information content (AvgIpc) is 2.96. The summed E-state index contributed by atoms with van der Waals surface area (Å²) >= 11 is 2.02. The van der Waals surface area contributed by atoms with Crippen LogP contribution < -0.4 is 4.74 Å². The molecular formula is C20H29NO2S. The van der Waals surface area contributed by atoms with Gasteiger partial charge in [0.15, 0.2) is 0 Å². The van der Waals surface area contributed by atoms with Crippen molar-refractivity contribution in [1.29, 1.82) is 0 Å². The molecule has 24 heavy (non-hydrogen) atoms. The Bertz CT molecular complexity index is 583. The first-order valence-electron chi connectivity index (χ1n) is 9.28. The van der Waals surface area contributed by atoms with Gasteiger partial charge in [-0.1, -0.05) is 26.3 Å². The molecule has 1 fully saturated rings. The number of carbonyl (C=O) groups excluding carboxylic acids is 1. The Balaban J connectivity index is 1.69. The minimum Gasteiger partial charge on any atom is -0.492 e. The number of amides is 1. The molecule has 2 heterocycles. The summed E-state index contributed by atoms with van der Waals surface area (Å²) in [5.74, 6) is 3.37. The number of rotatable bonds is 6. The lowest BCUT2D eigenvalue weighted by Gasteiger charge is -2.27. The highest BCUT2D eigenvalue weighted by Crippen LogP contribution is 2.41. The maximum absolute atomic E-state index is 12.7. The highest BCUT2D eigenvalue weighted by molar-refractivity contribution is 7.99. The van der Waals surface area contributed by atoms with Crippen molar-refractivity contribution in [3.63, 3.8) is 0 Å². The lowest BCUT2D eigenvalue weighted by atomic mass is 9.86. The predicted molar refractivity (Wildman–Crippen MR) is 101 cm³/mol. The van der Waals surface area contributed by atoms with Gasteiger partial charge in [0.05, 0.1) is 6.61 Å². The molecule has 1 saturated heterocycles. The summed E-state index contributed by atoms with van der Waals surface area (Å²) in [6, 6.07) is 6.09. The average molecular weight is 348 g/mol. The molecule has 0 aromatic heterocycles. The van der Waals surface area contributed by atoms with E-state index in [1.54, 1.807) is 0 Å². The van der Waals surface area contributed by atoms with E-state index in [9.17, 15) is 4.79 Å². The molecular weight excluding hydrogens is 318 g/mol. The maximum Gasteiger partial charge on any atom is 0.253 e. The SMILES string of the molecule is CCCCSCC1(C)COc2cc(C(=O)N3CCCCC3)ccc21. The first-order chi connectivity index (χ1) is 11.6. The van der Waals surface area contributed by atoms with Crippen molar-refractivity contribution in [3.05, 3.63) is 29.3 Å². The Morgan fingerprint density at radius 1 is 1.29 bits per heavy atom. The van der Waals surface area contributed by atoms with Crippen LogP contribution in [0.25, 0.3) is 0 Å². The number of unbranched alkanes of at least 4 members (excludes halogenated alkanes) is 1. The third-order valence-corrected chi connectivity index (χ3v) is 6.55. The topological polar surface area (TPSA) is 29.5 Å². The van der Waals surface area contributed by atoms with Crippen LogP contribution in [0.1, 0.15) is 61.9 Å². The van der Waals surface area contributed by atoms with Gasteiger partial charge >= 0.3 is 0 Å². The zero-order valence-electron chi connectivity index (χ0n) is 15.0. The normalized spacial score (nSPS) is 23.0. The number of fused-ring (bicyclic) bond motifs is 1. The molecule has 0 aliphatic carbocycles. The molecule has 3 nitrogen and oxygen atoms in total. The van der Waals surface area contributed by atoms with Gasteiger partial charge in [0.2, 0.25) is 0 Å². The Morgan fingerprint density at radius 2 is 2.08 bits per heavy atom. The van der Waals surface area contributed by atoms with Crippen molar-refractivity contribution in [2.75, 3.05) is 31.2 Å². The minimum atomic E-state index is 0.0699. The van der Waals surface area contributed by atoms with Gasteiger partial charge in [-0.3, -0.25) is 4.79 Å². The third kappa shape index (κ3) is 3.74. The monoisotopic (exact) mass is 347 g/mol. The number of hydrogen-bond donors (Lipinski definition) is 0. The number of nitrogens with zero attached hydrogens (tertiary/aromatic N) is 1. The van der Waals surface area contributed by atoms with Crippen LogP contribution in [-0.4, -0.2) is 42.0 Å². The van der Waals surface area contributed by atoms with E-state index in [0.717, 1.165) is 49.6 Å². The van der Waals surface area contributed by atoms with Gasteiger partial charge < -0.3 is 9.64 Å². The van der Waals surface area contributed by atoms with E-state index in [2.05, 4.69) is 19.9 Å². The van der Waals surface area contributed by atoms with Crippen molar-refractivity contribution in [2.24, 2.45) is 0 Å². The molecule has 2 aliphatic rings. The summed E-state index contributed by atoms with van der Waals surface area (Å²) in [6.45, 7) is 7.02. The molecule has 2 aliphatic heterocycles. The van der Waals surface area contributed by atoms with Crippen LogP contribution in [0.3, 0.4) is 0 Å². The van der Waals surface area contributed by atoms with Gasteiger partial charge in [-0.2, -0.15) is 11.8 Å². The summed E-state index contributed by atoms with van der Waals surface area (Å²) in [4.78, 5) is 14.7. The summed E-state index contributed by atoms with van der Waals surface area (Å²) in [7, 11) is 0. The second-order valence-corrected chi connectivity index (χ2v) is 8.42. The van der Waals surface area contributed by atoms with Crippen molar-refractivity contribution in [2.45, 2.75) is 51.4 Å². The largest absolute Gasteiger partial charge is 0.492 e. The van der Waals surface area contributed by atoms with Crippen molar-refractivity contribution < 1.29 is 9.53 Å². The van der Waals surface area contributed by atoms with Gasteiger partial charge in [-0.05, 0) is 43.6 Å². The Morgan fingerprint density at radius 3 is 2.83 bits per heavy atom. The van der Waals surface area contributed by atoms with E-state index in [1.165, 1.54) is 30.6 Å². The Hall–Kier alpha value is -1.16. The molecule has 1 unspecified atom stereocenters. The summed E-state index contributed by atoms with van der Waals surface area (Å²) in [6.07, 6.45) is 6.02. The molecule has 0 bridgehead atoms. The lowest BCUT2D eigenvalue weighted by Crippen LogP contribution is -2.35. The van der Waals surface area contributed by atoms with Crippen LogP contribution in [0.5, 0.6) is 5.75 Å². The summed E-state index contributed by atoms with van der Waals surface area (Å²) in [5.41, 5.74) is 2.11. The fourth-order valence-corrected chi connectivity index (χ4v) is 4.86. The fraction of sp³-hybridized carbons (Fsp3) is 0.650. The van der Waals surface area contributed by atoms with E-state index >= 15 is 0 Å².